The molecule has 0 atom stereocenters. The molecule has 0 saturated carbocycles. The molecule has 26 heavy (non-hydrogen) atoms. The Labute approximate surface area is 180 Å². The molecule has 0 fully saturated rings. The summed E-state index contributed by atoms with van der Waals surface area (Å²) < 4.78 is 1.86. The molecule has 0 aliphatic rings. The Morgan fingerprint density at radius 2 is 1.96 bits per heavy atom. The van der Waals surface area contributed by atoms with Crippen LogP contribution in [0.25, 0.3) is 10.9 Å². The fourth-order valence-electron chi connectivity index (χ4n) is 2.74. The number of nitrogens with zero attached hydrogens (tertiary/aromatic N) is 2. The molecule has 5 nitrogen and oxygen atoms in total. The van der Waals surface area contributed by atoms with Crippen LogP contribution in [0.1, 0.15) is 11.4 Å². The van der Waals surface area contributed by atoms with Crippen LogP contribution in [0, 0.1) is 0 Å². The van der Waals surface area contributed by atoms with E-state index in [-0.39, 0.29) is 24.0 Å². The highest BCUT2D eigenvalue weighted by Crippen LogP contribution is 2.24. The second kappa shape index (κ2) is 9.53. The van der Waals surface area contributed by atoms with Crippen molar-refractivity contribution >= 4 is 64.0 Å². The van der Waals surface area contributed by atoms with Crippen LogP contribution >= 0.6 is 47.2 Å². The Kier molecular flexibility index (Phi) is 7.67. The third-order valence-electron chi connectivity index (χ3n) is 4.15. The first-order valence-electron chi connectivity index (χ1n) is 8.09. The van der Waals surface area contributed by atoms with Gasteiger partial charge in [0, 0.05) is 44.0 Å². The number of aromatic amines is 1. The summed E-state index contributed by atoms with van der Waals surface area (Å²) in [5, 5.41) is 8.92. The Morgan fingerprint density at radius 1 is 1.19 bits per heavy atom. The van der Waals surface area contributed by atoms with Crippen LogP contribution in [0.5, 0.6) is 0 Å². The molecule has 0 spiro atoms. The fourth-order valence-corrected chi connectivity index (χ4v) is 3.15. The summed E-state index contributed by atoms with van der Waals surface area (Å²) in [6.45, 7) is 1.37. The van der Waals surface area contributed by atoms with Gasteiger partial charge in [0.1, 0.15) is 5.15 Å². The summed E-state index contributed by atoms with van der Waals surface area (Å²) in [5.41, 5.74) is 3.36. The second-order valence-corrected chi connectivity index (χ2v) is 6.58. The fraction of sp³-hybridized carbons (Fsp3) is 0.278. The first kappa shape index (κ1) is 20.9. The van der Waals surface area contributed by atoms with E-state index in [1.165, 1.54) is 11.1 Å². The van der Waals surface area contributed by atoms with Gasteiger partial charge in [-0.05, 0) is 23.6 Å². The minimum atomic E-state index is 0. The molecule has 140 valence electrons. The molecule has 0 aliphatic carbocycles. The van der Waals surface area contributed by atoms with Crippen LogP contribution in [0.2, 0.25) is 10.2 Å². The topological polar surface area (TPSA) is 57.1 Å². The Hall–Kier alpha value is -1.38. The summed E-state index contributed by atoms with van der Waals surface area (Å²) in [7, 11) is 3.64. The van der Waals surface area contributed by atoms with Crippen molar-refractivity contribution in [3.05, 3.63) is 58.0 Å². The number of halogens is 3. The standard InChI is InChI=1S/C18H21Cl2N5.HI/c1-21-18(23-11-14-10-15(19)17(20)25(14)2)22-8-7-13-9-12-5-3-4-6-16(12)24-13;/h3-6,9-10,24H,7-8,11H2,1-2H3,(H2,21,22,23);1H. The first-order valence-corrected chi connectivity index (χ1v) is 8.85. The molecule has 3 N–H and O–H groups in total. The lowest BCUT2D eigenvalue weighted by Gasteiger charge is -2.12. The van der Waals surface area contributed by atoms with Crippen LogP contribution in [-0.4, -0.2) is 29.1 Å². The predicted octanol–water partition coefficient (Wildman–Crippen LogP) is 4.34. The van der Waals surface area contributed by atoms with Gasteiger partial charge >= 0.3 is 0 Å². The van der Waals surface area contributed by atoms with Crippen LogP contribution in [0.15, 0.2) is 41.4 Å². The highest BCUT2D eigenvalue weighted by Gasteiger charge is 2.09. The number of hydrogen-bond acceptors (Lipinski definition) is 1. The van der Waals surface area contributed by atoms with Gasteiger partial charge < -0.3 is 20.2 Å². The number of nitrogens with one attached hydrogen (secondary N) is 3. The second-order valence-electron chi connectivity index (χ2n) is 5.82. The summed E-state index contributed by atoms with van der Waals surface area (Å²) in [6.07, 6.45) is 0.886. The average molecular weight is 506 g/mol. The molecule has 0 amide bonds. The number of aliphatic imine (C=N–C) groups is 1. The molecule has 3 aromatic rings. The third-order valence-corrected chi connectivity index (χ3v) is 4.99. The lowest BCUT2D eigenvalue weighted by atomic mass is 10.2. The molecule has 2 heterocycles. The minimum Gasteiger partial charge on any atom is -0.358 e. The van der Waals surface area contributed by atoms with Gasteiger partial charge in [0.2, 0.25) is 0 Å². The maximum absolute atomic E-state index is 6.09. The van der Waals surface area contributed by atoms with E-state index in [4.69, 9.17) is 23.2 Å². The van der Waals surface area contributed by atoms with E-state index >= 15 is 0 Å². The van der Waals surface area contributed by atoms with Gasteiger partial charge in [-0.3, -0.25) is 4.99 Å². The monoisotopic (exact) mass is 505 g/mol. The highest BCUT2D eigenvalue weighted by molar-refractivity contribution is 14.0. The van der Waals surface area contributed by atoms with Gasteiger partial charge in [0.05, 0.1) is 11.6 Å². The van der Waals surface area contributed by atoms with Crippen molar-refractivity contribution in [2.75, 3.05) is 13.6 Å². The smallest absolute Gasteiger partial charge is 0.191 e. The Morgan fingerprint density at radius 3 is 2.62 bits per heavy atom. The number of hydrogen-bond donors (Lipinski definition) is 3. The van der Waals surface area contributed by atoms with Crippen LogP contribution < -0.4 is 10.6 Å². The largest absolute Gasteiger partial charge is 0.358 e. The van der Waals surface area contributed by atoms with Crippen molar-refractivity contribution in [2.45, 2.75) is 13.0 Å². The highest BCUT2D eigenvalue weighted by atomic mass is 127. The van der Waals surface area contributed by atoms with E-state index in [1.54, 1.807) is 7.05 Å². The molecular formula is C18H22Cl2IN5. The Bertz CT molecular complexity index is 867. The van der Waals surface area contributed by atoms with E-state index in [0.29, 0.717) is 16.7 Å². The average Bonchev–Trinajstić information content (AvgIpc) is 3.14. The first-order chi connectivity index (χ1) is 12.1. The van der Waals surface area contributed by atoms with Crippen molar-refractivity contribution in [3.63, 3.8) is 0 Å². The molecule has 1 aromatic carbocycles. The molecular weight excluding hydrogens is 484 g/mol. The zero-order valence-corrected chi connectivity index (χ0v) is 18.5. The number of benzene rings is 1. The molecule has 0 aliphatic heterocycles. The lowest BCUT2D eigenvalue weighted by Crippen LogP contribution is -2.38. The van der Waals surface area contributed by atoms with Crippen molar-refractivity contribution in [2.24, 2.45) is 12.0 Å². The molecule has 8 heteroatoms. The van der Waals surface area contributed by atoms with Crippen LogP contribution in [0.4, 0.5) is 0 Å². The number of aromatic nitrogens is 2. The number of fused-ring (bicyclic) bond motifs is 1. The molecule has 0 bridgehead atoms. The van der Waals surface area contributed by atoms with Crippen molar-refractivity contribution < 1.29 is 0 Å². The quantitative estimate of drug-likeness (QED) is 0.274. The van der Waals surface area contributed by atoms with Gasteiger partial charge in [-0.2, -0.15) is 0 Å². The number of rotatable bonds is 5. The minimum absolute atomic E-state index is 0. The van der Waals surface area contributed by atoms with Gasteiger partial charge in [-0.25, -0.2) is 0 Å². The summed E-state index contributed by atoms with van der Waals surface area (Å²) in [4.78, 5) is 7.67. The van der Waals surface area contributed by atoms with E-state index < -0.39 is 0 Å². The summed E-state index contributed by atoms with van der Waals surface area (Å²) in [5.74, 6) is 0.740. The van der Waals surface area contributed by atoms with Gasteiger partial charge in [0.25, 0.3) is 0 Å². The van der Waals surface area contributed by atoms with E-state index in [0.717, 1.165) is 30.1 Å². The van der Waals surface area contributed by atoms with E-state index in [9.17, 15) is 0 Å². The van der Waals surface area contributed by atoms with E-state index in [2.05, 4.69) is 38.8 Å². The molecule has 3 rings (SSSR count). The van der Waals surface area contributed by atoms with Crippen molar-refractivity contribution in [3.8, 4) is 0 Å². The molecule has 0 radical (unpaired) electrons. The summed E-state index contributed by atoms with van der Waals surface area (Å²) in [6, 6.07) is 12.3. The molecule has 0 saturated heterocycles. The SMILES string of the molecule is CN=C(NCCc1cc2ccccc2[nH]1)NCc1cc(Cl)c(Cl)n1C.I. The molecule has 0 unspecified atom stereocenters. The number of para-hydroxylation sites is 1. The number of H-pyrrole nitrogens is 1. The van der Waals surface area contributed by atoms with Crippen LogP contribution in [0.3, 0.4) is 0 Å². The zero-order valence-electron chi connectivity index (χ0n) is 14.6. The maximum atomic E-state index is 6.09. The van der Waals surface area contributed by atoms with Crippen molar-refractivity contribution in [1.82, 2.24) is 20.2 Å². The van der Waals surface area contributed by atoms with E-state index in [1.807, 2.05) is 29.8 Å². The maximum Gasteiger partial charge on any atom is 0.191 e. The number of guanidine groups is 1. The van der Waals surface area contributed by atoms with Gasteiger partial charge in [-0.1, -0.05) is 41.4 Å². The lowest BCUT2D eigenvalue weighted by molar-refractivity contribution is 0.744. The van der Waals surface area contributed by atoms with Gasteiger partial charge in [0.15, 0.2) is 5.96 Å². The zero-order chi connectivity index (χ0) is 17.8. The molecule has 2 aromatic heterocycles. The van der Waals surface area contributed by atoms with Gasteiger partial charge in [-0.15, -0.1) is 24.0 Å². The third kappa shape index (κ3) is 4.86. The van der Waals surface area contributed by atoms with Crippen molar-refractivity contribution in [1.29, 1.82) is 0 Å². The van der Waals surface area contributed by atoms with Crippen LogP contribution in [-0.2, 0) is 20.0 Å². The predicted molar refractivity (Wildman–Crippen MR) is 121 cm³/mol. The Balaban J connectivity index is 0.00000243. The normalized spacial score (nSPS) is 11.5. The summed E-state index contributed by atoms with van der Waals surface area (Å²) >= 11 is 12.1.